The number of pyridine rings is 1. The number of rotatable bonds is 4. The van der Waals surface area contributed by atoms with Crippen LogP contribution in [0, 0.1) is 18.8 Å². The number of hydrogen-bond donors (Lipinski definition) is 2. The Hall–Kier alpha value is -2.37. The van der Waals surface area contributed by atoms with Gasteiger partial charge in [0.1, 0.15) is 12.1 Å². The Bertz CT molecular complexity index is 741. The van der Waals surface area contributed by atoms with E-state index in [4.69, 9.17) is 0 Å². The van der Waals surface area contributed by atoms with E-state index >= 15 is 0 Å². The molecule has 0 radical (unpaired) electrons. The number of imidazole rings is 1. The zero-order chi connectivity index (χ0) is 16.5. The summed E-state index contributed by atoms with van der Waals surface area (Å²) in [5.41, 5.74) is 1.97. The largest absolute Gasteiger partial charge is 0.335 e. The molecule has 24 heavy (non-hydrogen) atoms. The predicted molar refractivity (Wildman–Crippen MR) is 90.7 cm³/mol. The Morgan fingerprint density at radius 1 is 1.33 bits per heavy atom. The fraction of sp³-hybridized carbons (Fsp3) is 0.500. The fourth-order valence-electron chi connectivity index (χ4n) is 4.08. The van der Waals surface area contributed by atoms with E-state index in [0.29, 0.717) is 18.5 Å². The molecule has 6 heteroatoms. The summed E-state index contributed by atoms with van der Waals surface area (Å²) < 4.78 is 1.88. The second-order valence-corrected chi connectivity index (χ2v) is 7.05. The summed E-state index contributed by atoms with van der Waals surface area (Å²) in [6.45, 7) is 2.44. The quantitative estimate of drug-likeness (QED) is 0.907. The number of fused-ring (bicyclic) bond motifs is 2. The van der Waals surface area contributed by atoms with E-state index in [-0.39, 0.29) is 6.03 Å². The summed E-state index contributed by atoms with van der Waals surface area (Å²) in [6, 6.07) is 4.19. The summed E-state index contributed by atoms with van der Waals surface area (Å²) in [6.07, 6.45) is 10.5. The molecular weight excluding hydrogens is 302 g/mol. The van der Waals surface area contributed by atoms with Crippen LogP contribution in [-0.2, 0) is 6.54 Å². The highest BCUT2D eigenvalue weighted by molar-refractivity contribution is 5.74. The van der Waals surface area contributed by atoms with E-state index in [1.807, 2.05) is 29.8 Å². The SMILES string of the molecule is Cc1cn(-c2cc(CNC(=O)N[C@H]3C[C@@H]4CC[C@H]3C4)ccn2)cn1. The standard InChI is InChI=1S/C18H23N5O/c1-12-10-23(11-21-12)17-8-14(4-5-19-17)9-20-18(24)22-16-7-13-2-3-15(16)6-13/h4-5,8,10-11,13,15-16H,2-3,6-7,9H2,1H3,(H2,20,22,24)/t13-,15+,16+/m1/s1. The van der Waals surface area contributed by atoms with Gasteiger partial charge in [0.15, 0.2) is 0 Å². The molecule has 0 saturated heterocycles. The van der Waals surface area contributed by atoms with E-state index in [2.05, 4.69) is 20.6 Å². The van der Waals surface area contributed by atoms with Gasteiger partial charge in [0.2, 0.25) is 0 Å². The van der Waals surface area contributed by atoms with Gasteiger partial charge in [0, 0.05) is 25.0 Å². The number of carbonyl (C=O) groups is 1. The van der Waals surface area contributed by atoms with Crippen LogP contribution in [0.1, 0.15) is 36.9 Å². The van der Waals surface area contributed by atoms with Gasteiger partial charge in [-0.3, -0.25) is 4.57 Å². The van der Waals surface area contributed by atoms with Crippen LogP contribution in [-0.4, -0.2) is 26.6 Å². The molecule has 2 bridgehead atoms. The molecule has 0 unspecified atom stereocenters. The first-order valence-corrected chi connectivity index (χ1v) is 8.67. The normalized spacial score (nSPS) is 25.0. The molecule has 0 aromatic carbocycles. The number of carbonyl (C=O) groups excluding carboxylic acids is 1. The first kappa shape index (κ1) is 15.2. The van der Waals surface area contributed by atoms with Crippen molar-refractivity contribution in [3.05, 3.63) is 42.1 Å². The molecule has 4 rings (SSSR count). The van der Waals surface area contributed by atoms with Crippen molar-refractivity contribution in [2.45, 2.75) is 45.2 Å². The van der Waals surface area contributed by atoms with Crippen LogP contribution in [0.25, 0.3) is 5.82 Å². The Balaban J connectivity index is 1.33. The van der Waals surface area contributed by atoms with Gasteiger partial charge in [-0.2, -0.15) is 0 Å². The van der Waals surface area contributed by atoms with Gasteiger partial charge >= 0.3 is 6.03 Å². The van der Waals surface area contributed by atoms with Gasteiger partial charge in [-0.15, -0.1) is 0 Å². The summed E-state index contributed by atoms with van der Waals surface area (Å²) in [7, 11) is 0. The second-order valence-electron chi connectivity index (χ2n) is 7.05. The zero-order valence-corrected chi connectivity index (χ0v) is 13.9. The van der Waals surface area contributed by atoms with Crippen LogP contribution >= 0.6 is 0 Å². The van der Waals surface area contributed by atoms with Gasteiger partial charge in [0.05, 0.1) is 5.69 Å². The number of aryl methyl sites for hydroxylation is 1. The van der Waals surface area contributed by atoms with Crippen molar-refractivity contribution in [2.75, 3.05) is 0 Å². The first-order chi connectivity index (χ1) is 11.7. The molecule has 126 valence electrons. The third kappa shape index (κ3) is 3.13. The summed E-state index contributed by atoms with van der Waals surface area (Å²) in [5.74, 6) is 2.34. The van der Waals surface area contributed by atoms with Crippen molar-refractivity contribution < 1.29 is 4.79 Å². The molecule has 3 atom stereocenters. The minimum Gasteiger partial charge on any atom is -0.335 e. The predicted octanol–water partition coefficient (Wildman–Crippen LogP) is 2.56. The minimum absolute atomic E-state index is 0.0654. The third-order valence-electron chi connectivity index (χ3n) is 5.29. The molecule has 2 heterocycles. The van der Waals surface area contributed by atoms with Crippen molar-refractivity contribution in [2.24, 2.45) is 11.8 Å². The van der Waals surface area contributed by atoms with Crippen molar-refractivity contribution in [1.82, 2.24) is 25.2 Å². The number of urea groups is 1. The van der Waals surface area contributed by atoms with Gasteiger partial charge < -0.3 is 10.6 Å². The number of nitrogens with one attached hydrogen (secondary N) is 2. The molecule has 6 nitrogen and oxygen atoms in total. The van der Waals surface area contributed by atoms with Crippen molar-refractivity contribution in [3.8, 4) is 5.82 Å². The molecule has 2 aromatic heterocycles. The number of hydrogen-bond acceptors (Lipinski definition) is 3. The monoisotopic (exact) mass is 325 g/mol. The Kier molecular flexibility index (Phi) is 3.96. The topological polar surface area (TPSA) is 71.8 Å². The highest BCUT2D eigenvalue weighted by Crippen LogP contribution is 2.44. The Morgan fingerprint density at radius 3 is 2.96 bits per heavy atom. The van der Waals surface area contributed by atoms with E-state index < -0.39 is 0 Å². The molecule has 2 N–H and O–H groups in total. The highest BCUT2D eigenvalue weighted by atomic mass is 16.2. The van der Waals surface area contributed by atoms with Gasteiger partial charge in [-0.1, -0.05) is 6.42 Å². The molecule has 2 aliphatic carbocycles. The molecule has 2 aliphatic rings. The lowest BCUT2D eigenvalue weighted by Gasteiger charge is -2.23. The second kappa shape index (κ2) is 6.26. The van der Waals surface area contributed by atoms with Crippen LogP contribution in [0.4, 0.5) is 4.79 Å². The average Bonchev–Trinajstić information content (AvgIpc) is 3.30. The molecule has 2 amide bonds. The van der Waals surface area contributed by atoms with Crippen LogP contribution in [0.3, 0.4) is 0 Å². The highest BCUT2D eigenvalue weighted by Gasteiger charge is 2.40. The maximum atomic E-state index is 12.2. The molecule has 2 aromatic rings. The lowest BCUT2D eigenvalue weighted by molar-refractivity contribution is 0.230. The molecule has 0 spiro atoms. The average molecular weight is 325 g/mol. The number of nitrogens with zero attached hydrogens (tertiary/aromatic N) is 3. The first-order valence-electron chi connectivity index (χ1n) is 8.67. The van der Waals surface area contributed by atoms with Gasteiger partial charge in [0.25, 0.3) is 0 Å². The lowest BCUT2D eigenvalue weighted by Crippen LogP contribution is -2.44. The van der Waals surface area contributed by atoms with Crippen LogP contribution in [0.5, 0.6) is 0 Å². The molecule has 2 saturated carbocycles. The van der Waals surface area contributed by atoms with E-state index in [1.54, 1.807) is 12.5 Å². The van der Waals surface area contributed by atoms with Gasteiger partial charge in [-0.25, -0.2) is 14.8 Å². The molecule has 2 fully saturated rings. The van der Waals surface area contributed by atoms with E-state index in [1.165, 1.54) is 19.3 Å². The van der Waals surface area contributed by atoms with E-state index in [9.17, 15) is 4.79 Å². The third-order valence-corrected chi connectivity index (χ3v) is 5.29. The van der Waals surface area contributed by atoms with Crippen molar-refractivity contribution in [3.63, 3.8) is 0 Å². The smallest absolute Gasteiger partial charge is 0.315 e. The zero-order valence-electron chi connectivity index (χ0n) is 13.9. The maximum Gasteiger partial charge on any atom is 0.315 e. The Morgan fingerprint density at radius 2 is 2.25 bits per heavy atom. The van der Waals surface area contributed by atoms with Gasteiger partial charge in [-0.05, 0) is 55.7 Å². The summed E-state index contributed by atoms with van der Waals surface area (Å²) in [4.78, 5) is 20.7. The molecule has 0 aliphatic heterocycles. The number of amides is 2. The maximum absolute atomic E-state index is 12.2. The fourth-order valence-corrected chi connectivity index (χ4v) is 4.08. The lowest BCUT2D eigenvalue weighted by atomic mass is 9.95. The number of aromatic nitrogens is 3. The van der Waals surface area contributed by atoms with Crippen LogP contribution in [0.15, 0.2) is 30.9 Å². The van der Waals surface area contributed by atoms with Crippen LogP contribution in [0.2, 0.25) is 0 Å². The minimum atomic E-state index is -0.0654. The summed E-state index contributed by atoms with van der Waals surface area (Å²) >= 11 is 0. The van der Waals surface area contributed by atoms with Crippen molar-refractivity contribution in [1.29, 1.82) is 0 Å². The summed E-state index contributed by atoms with van der Waals surface area (Å²) in [5, 5.41) is 6.12. The van der Waals surface area contributed by atoms with Crippen molar-refractivity contribution >= 4 is 6.03 Å². The Labute approximate surface area is 141 Å². The van der Waals surface area contributed by atoms with Crippen LogP contribution < -0.4 is 10.6 Å². The van der Waals surface area contributed by atoms with E-state index in [0.717, 1.165) is 29.4 Å². The molecular formula is C18H23N5O.